The van der Waals surface area contributed by atoms with Crippen molar-refractivity contribution in [3.63, 3.8) is 0 Å². The highest BCUT2D eigenvalue weighted by atomic mass is 32.2. The predicted octanol–water partition coefficient (Wildman–Crippen LogP) is 1.34. The van der Waals surface area contributed by atoms with Crippen LogP contribution in [0.1, 0.15) is 39.0 Å². The molecule has 0 aromatic rings. The molecule has 1 heterocycles. The maximum absolute atomic E-state index is 11.5. The fraction of sp³-hybridized carbons (Fsp3) is 1.00. The number of rotatable bonds is 4. The molecule has 4 heteroatoms. The standard InChI is InChI=1S/C11H21NO2S/c1-2-11(9-5-6-9)12-10-4-3-7-15(13,14)8-10/h9-12H,2-8H2,1H3. The minimum atomic E-state index is -2.75. The lowest BCUT2D eigenvalue weighted by molar-refractivity contribution is 0.377. The molecule has 0 aromatic heterocycles. The molecular formula is C11H21NO2S. The van der Waals surface area contributed by atoms with E-state index in [0.717, 1.165) is 25.2 Å². The van der Waals surface area contributed by atoms with E-state index >= 15 is 0 Å². The molecule has 0 radical (unpaired) electrons. The fourth-order valence-electron chi connectivity index (χ4n) is 2.54. The summed E-state index contributed by atoms with van der Waals surface area (Å²) in [7, 11) is -2.75. The maximum atomic E-state index is 11.5. The maximum Gasteiger partial charge on any atom is 0.151 e. The van der Waals surface area contributed by atoms with Gasteiger partial charge in [-0.15, -0.1) is 0 Å². The molecule has 2 fully saturated rings. The van der Waals surface area contributed by atoms with Crippen LogP contribution in [-0.2, 0) is 9.84 Å². The Kier molecular flexibility index (Phi) is 3.36. The topological polar surface area (TPSA) is 46.2 Å². The molecule has 1 saturated carbocycles. The van der Waals surface area contributed by atoms with Gasteiger partial charge in [0.05, 0.1) is 11.5 Å². The van der Waals surface area contributed by atoms with Crippen LogP contribution in [0.15, 0.2) is 0 Å². The van der Waals surface area contributed by atoms with Crippen LogP contribution in [0.5, 0.6) is 0 Å². The summed E-state index contributed by atoms with van der Waals surface area (Å²) >= 11 is 0. The van der Waals surface area contributed by atoms with Gasteiger partial charge in [-0.3, -0.25) is 0 Å². The SMILES string of the molecule is CCC(NC1CCCS(=O)(=O)C1)C1CC1. The molecule has 2 aliphatic rings. The summed E-state index contributed by atoms with van der Waals surface area (Å²) in [6, 6.07) is 0.776. The summed E-state index contributed by atoms with van der Waals surface area (Å²) in [4.78, 5) is 0. The summed E-state index contributed by atoms with van der Waals surface area (Å²) in [5.41, 5.74) is 0. The first kappa shape index (κ1) is 11.4. The lowest BCUT2D eigenvalue weighted by Crippen LogP contribution is -2.45. The van der Waals surface area contributed by atoms with E-state index in [0.29, 0.717) is 17.5 Å². The lowest BCUT2D eigenvalue weighted by atomic mass is 10.1. The van der Waals surface area contributed by atoms with Crippen molar-refractivity contribution in [2.45, 2.75) is 51.1 Å². The van der Waals surface area contributed by atoms with E-state index in [2.05, 4.69) is 12.2 Å². The average Bonchev–Trinajstić information content (AvgIpc) is 2.96. The van der Waals surface area contributed by atoms with Crippen LogP contribution in [0.4, 0.5) is 0 Å². The average molecular weight is 231 g/mol. The zero-order chi connectivity index (χ0) is 10.9. The van der Waals surface area contributed by atoms with E-state index in [1.807, 2.05) is 0 Å². The highest BCUT2D eigenvalue weighted by molar-refractivity contribution is 7.91. The predicted molar refractivity (Wildman–Crippen MR) is 61.6 cm³/mol. The molecule has 1 aliphatic heterocycles. The minimum Gasteiger partial charge on any atom is -0.310 e. The number of hydrogen-bond donors (Lipinski definition) is 1. The molecule has 2 unspecified atom stereocenters. The van der Waals surface area contributed by atoms with Gasteiger partial charge in [0.25, 0.3) is 0 Å². The first-order valence-corrected chi connectivity index (χ1v) is 7.89. The Hall–Kier alpha value is -0.0900. The van der Waals surface area contributed by atoms with Crippen LogP contribution >= 0.6 is 0 Å². The van der Waals surface area contributed by atoms with E-state index in [4.69, 9.17) is 0 Å². The van der Waals surface area contributed by atoms with Gasteiger partial charge in [-0.1, -0.05) is 6.92 Å². The molecule has 0 bridgehead atoms. The van der Waals surface area contributed by atoms with Gasteiger partial charge in [0, 0.05) is 12.1 Å². The van der Waals surface area contributed by atoms with Gasteiger partial charge in [-0.25, -0.2) is 8.42 Å². The summed E-state index contributed by atoms with van der Waals surface area (Å²) in [5, 5.41) is 3.54. The molecule has 1 saturated heterocycles. The molecule has 3 nitrogen and oxygen atoms in total. The zero-order valence-electron chi connectivity index (χ0n) is 9.41. The van der Waals surface area contributed by atoms with Crippen molar-refractivity contribution in [3.8, 4) is 0 Å². The summed E-state index contributed by atoms with van der Waals surface area (Å²) in [6.07, 6.45) is 5.64. The van der Waals surface area contributed by atoms with Crippen molar-refractivity contribution in [1.82, 2.24) is 5.32 Å². The smallest absolute Gasteiger partial charge is 0.151 e. The molecule has 0 spiro atoms. The Balaban J connectivity index is 1.87. The summed E-state index contributed by atoms with van der Waals surface area (Å²) in [5.74, 6) is 1.57. The molecule has 1 aliphatic carbocycles. The summed E-state index contributed by atoms with van der Waals surface area (Å²) in [6.45, 7) is 2.19. The number of hydrogen-bond acceptors (Lipinski definition) is 3. The molecule has 0 amide bonds. The monoisotopic (exact) mass is 231 g/mol. The largest absolute Gasteiger partial charge is 0.310 e. The van der Waals surface area contributed by atoms with Crippen LogP contribution < -0.4 is 5.32 Å². The second-order valence-corrected chi connectivity index (χ2v) is 7.20. The van der Waals surface area contributed by atoms with Crippen LogP contribution in [-0.4, -0.2) is 32.0 Å². The van der Waals surface area contributed by atoms with Crippen molar-refractivity contribution < 1.29 is 8.42 Å². The Labute approximate surface area is 92.6 Å². The van der Waals surface area contributed by atoms with Crippen molar-refractivity contribution in [3.05, 3.63) is 0 Å². The van der Waals surface area contributed by atoms with Crippen LogP contribution in [0, 0.1) is 5.92 Å². The molecular weight excluding hydrogens is 210 g/mol. The molecule has 15 heavy (non-hydrogen) atoms. The van der Waals surface area contributed by atoms with Crippen LogP contribution in [0.25, 0.3) is 0 Å². The van der Waals surface area contributed by atoms with Crippen molar-refractivity contribution in [2.75, 3.05) is 11.5 Å². The minimum absolute atomic E-state index is 0.217. The van der Waals surface area contributed by atoms with Gasteiger partial charge < -0.3 is 5.32 Å². The molecule has 2 rings (SSSR count). The third-order valence-corrected chi connectivity index (χ3v) is 5.36. The van der Waals surface area contributed by atoms with Crippen molar-refractivity contribution in [2.24, 2.45) is 5.92 Å². The van der Waals surface area contributed by atoms with Gasteiger partial charge in [-0.2, -0.15) is 0 Å². The molecule has 88 valence electrons. The Morgan fingerprint density at radius 1 is 1.33 bits per heavy atom. The zero-order valence-corrected chi connectivity index (χ0v) is 10.2. The van der Waals surface area contributed by atoms with Crippen LogP contribution in [0.3, 0.4) is 0 Å². The van der Waals surface area contributed by atoms with Gasteiger partial charge >= 0.3 is 0 Å². The van der Waals surface area contributed by atoms with Gasteiger partial charge in [-0.05, 0) is 38.0 Å². The first-order valence-electron chi connectivity index (χ1n) is 6.07. The first-order chi connectivity index (χ1) is 7.11. The van der Waals surface area contributed by atoms with Crippen molar-refractivity contribution >= 4 is 9.84 Å². The van der Waals surface area contributed by atoms with E-state index < -0.39 is 9.84 Å². The van der Waals surface area contributed by atoms with E-state index in [-0.39, 0.29) is 6.04 Å². The fourth-order valence-corrected chi connectivity index (χ4v) is 4.19. The summed E-state index contributed by atoms with van der Waals surface area (Å²) < 4.78 is 23.0. The molecule has 0 aromatic carbocycles. The van der Waals surface area contributed by atoms with E-state index in [1.54, 1.807) is 0 Å². The van der Waals surface area contributed by atoms with E-state index in [9.17, 15) is 8.42 Å². The molecule has 2 atom stereocenters. The number of nitrogens with one attached hydrogen (secondary N) is 1. The Morgan fingerprint density at radius 3 is 2.60 bits per heavy atom. The van der Waals surface area contributed by atoms with Gasteiger partial charge in [0.1, 0.15) is 0 Å². The Morgan fingerprint density at radius 2 is 2.07 bits per heavy atom. The second kappa shape index (κ2) is 4.42. The van der Waals surface area contributed by atoms with Crippen molar-refractivity contribution in [1.29, 1.82) is 0 Å². The van der Waals surface area contributed by atoms with E-state index in [1.165, 1.54) is 12.8 Å². The quantitative estimate of drug-likeness (QED) is 0.794. The third-order valence-electron chi connectivity index (χ3n) is 3.54. The van der Waals surface area contributed by atoms with Gasteiger partial charge in [0.2, 0.25) is 0 Å². The highest BCUT2D eigenvalue weighted by Crippen LogP contribution is 2.34. The lowest BCUT2D eigenvalue weighted by Gasteiger charge is -2.27. The second-order valence-electron chi connectivity index (χ2n) is 4.97. The highest BCUT2D eigenvalue weighted by Gasteiger charge is 2.33. The number of sulfone groups is 1. The normalized spacial score (nSPS) is 32.5. The molecule has 1 N–H and O–H groups in total. The van der Waals surface area contributed by atoms with Crippen LogP contribution in [0.2, 0.25) is 0 Å². The van der Waals surface area contributed by atoms with Gasteiger partial charge in [0.15, 0.2) is 9.84 Å². The third kappa shape index (κ3) is 3.18. The Bertz CT molecular complexity index is 309.